The minimum absolute atomic E-state index is 0.0165. The summed E-state index contributed by atoms with van der Waals surface area (Å²) in [6.07, 6.45) is -1.23. The first-order chi connectivity index (χ1) is 12.5. The zero-order chi connectivity index (χ0) is 20.4. The molecule has 0 heterocycles. The van der Waals surface area contributed by atoms with E-state index in [0.717, 1.165) is 0 Å². The van der Waals surface area contributed by atoms with Gasteiger partial charge in [-0.2, -0.15) is 0 Å². The van der Waals surface area contributed by atoms with Gasteiger partial charge in [0.15, 0.2) is 6.10 Å². The Morgan fingerprint density at radius 1 is 1.11 bits per heavy atom. The van der Waals surface area contributed by atoms with Crippen molar-refractivity contribution in [2.45, 2.75) is 17.9 Å². The van der Waals surface area contributed by atoms with Crippen molar-refractivity contribution in [1.82, 2.24) is 0 Å². The van der Waals surface area contributed by atoms with Gasteiger partial charge in [-0.1, -0.05) is 40.9 Å². The van der Waals surface area contributed by atoms with E-state index in [9.17, 15) is 18.0 Å². The van der Waals surface area contributed by atoms with E-state index >= 15 is 0 Å². The first-order valence-electron chi connectivity index (χ1n) is 7.29. The molecule has 2 aromatic carbocycles. The highest BCUT2D eigenvalue weighted by atomic mass is 35.5. The molecule has 0 spiro atoms. The number of nitrogens with two attached hydrogens (primary N) is 1. The van der Waals surface area contributed by atoms with E-state index in [1.807, 2.05) is 0 Å². The van der Waals surface area contributed by atoms with Crippen LogP contribution in [-0.2, 0) is 19.6 Å². The number of ether oxygens (including phenoxy) is 1. The van der Waals surface area contributed by atoms with Gasteiger partial charge in [0, 0.05) is 5.69 Å². The van der Waals surface area contributed by atoms with Crippen LogP contribution in [0.1, 0.15) is 17.3 Å². The highest BCUT2D eigenvalue weighted by molar-refractivity contribution is 7.89. The number of rotatable bonds is 5. The molecule has 27 heavy (non-hydrogen) atoms. The summed E-state index contributed by atoms with van der Waals surface area (Å²) in [7, 11) is -3.93. The van der Waals surface area contributed by atoms with Crippen LogP contribution in [0.5, 0.6) is 0 Å². The molecule has 0 bridgehead atoms. The van der Waals surface area contributed by atoms with Gasteiger partial charge in [-0.15, -0.1) is 0 Å². The van der Waals surface area contributed by atoms with Crippen LogP contribution < -0.4 is 10.5 Å². The Kier molecular flexibility index (Phi) is 6.72. The van der Waals surface area contributed by atoms with E-state index in [2.05, 4.69) is 5.32 Å². The molecule has 3 N–H and O–H groups in total. The number of benzene rings is 2. The lowest BCUT2D eigenvalue weighted by Crippen LogP contribution is -2.30. The predicted octanol–water partition coefficient (Wildman–Crippen LogP) is 3.48. The van der Waals surface area contributed by atoms with Gasteiger partial charge in [0.25, 0.3) is 5.91 Å². The number of sulfonamides is 1. The number of carbonyl (C=O) groups excluding carboxylic acids is 2. The molecular formula is C16H13Cl3N2O5S. The zero-order valence-electron chi connectivity index (χ0n) is 13.7. The Hall–Kier alpha value is -1.84. The Morgan fingerprint density at radius 2 is 1.74 bits per heavy atom. The van der Waals surface area contributed by atoms with Gasteiger partial charge in [-0.3, -0.25) is 4.79 Å². The summed E-state index contributed by atoms with van der Waals surface area (Å²) < 4.78 is 27.8. The van der Waals surface area contributed by atoms with Gasteiger partial charge < -0.3 is 10.1 Å². The summed E-state index contributed by atoms with van der Waals surface area (Å²) in [6, 6.07) is 8.08. The van der Waals surface area contributed by atoms with Crippen molar-refractivity contribution in [2.75, 3.05) is 5.32 Å². The number of anilines is 1. The molecule has 144 valence electrons. The predicted molar refractivity (Wildman–Crippen MR) is 103 cm³/mol. The van der Waals surface area contributed by atoms with Crippen LogP contribution in [0, 0.1) is 0 Å². The van der Waals surface area contributed by atoms with Gasteiger partial charge in [0.1, 0.15) is 0 Å². The smallest absolute Gasteiger partial charge is 0.342 e. The van der Waals surface area contributed by atoms with E-state index in [0.29, 0.717) is 0 Å². The van der Waals surface area contributed by atoms with Gasteiger partial charge in [-0.05, 0) is 37.3 Å². The third kappa shape index (κ3) is 5.33. The molecule has 1 unspecified atom stereocenters. The van der Waals surface area contributed by atoms with E-state index in [1.165, 1.54) is 43.3 Å². The molecule has 2 aromatic rings. The van der Waals surface area contributed by atoms with Crippen molar-refractivity contribution in [3.8, 4) is 0 Å². The summed E-state index contributed by atoms with van der Waals surface area (Å²) in [4.78, 5) is 24.3. The lowest BCUT2D eigenvalue weighted by Gasteiger charge is -2.15. The molecule has 0 aliphatic heterocycles. The van der Waals surface area contributed by atoms with Crippen LogP contribution in [0.15, 0.2) is 41.3 Å². The van der Waals surface area contributed by atoms with Gasteiger partial charge in [0.05, 0.1) is 25.5 Å². The van der Waals surface area contributed by atoms with E-state index < -0.39 is 28.0 Å². The molecule has 0 aromatic heterocycles. The topological polar surface area (TPSA) is 116 Å². The Bertz CT molecular complexity index is 1010. The van der Waals surface area contributed by atoms with Crippen LogP contribution in [0.25, 0.3) is 0 Å². The summed E-state index contributed by atoms with van der Waals surface area (Å²) in [5, 5.41) is 7.49. The molecule has 0 saturated heterocycles. The lowest BCUT2D eigenvalue weighted by molar-refractivity contribution is -0.123. The van der Waals surface area contributed by atoms with Gasteiger partial charge >= 0.3 is 5.97 Å². The molecule has 0 radical (unpaired) electrons. The van der Waals surface area contributed by atoms with Crippen LogP contribution in [0.4, 0.5) is 5.69 Å². The molecular weight excluding hydrogens is 439 g/mol. The number of amides is 1. The second-order valence-corrected chi connectivity index (χ2v) is 8.08. The third-order valence-corrected chi connectivity index (χ3v) is 5.36. The van der Waals surface area contributed by atoms with Crippen molar-refractivity contribution >= 4 is 62.4 Å². The number of carbonyl (C=O) groups is 2. The minimum Gasteiger partial charge on any atom is -0.449 e. The normalized spacial score (nSPS) is 12.3. The first-order valence-corrected chi connectivity index (χ1v) is 9.97. The van der Waals surface area contributed by atoms with Crippen LogP contribution in [-0.4, -0.2) is 26.4 Å². The van der Waals surface area contributed by atoms with E-state index in [4.69, 9.17) is 44.7 Å². The first kappa shape index (κ1) is 21.5. The van der Waals surface area contributed by atoms with Crippen molar-refractivity contribution < 1.29 is 22.7 Å². The molecule has 2 rings (SSSR count). The second-order valence-electron chi connectivity index (χ2n) is 5.33. The summed E-state index contributed by atoms with van der Waals surface area (Å²) in [5.74, 6) is -1.64. The number of halogens is 3. The Morgan fingerprint density at radius 3 is 2.37 bits per heavy atom. The summed E-state index contributed by atoms with van der Waals surface area (Å²) in [6.45, 7) is 1.32. The number of nitrogens with one attached hydrogen (secondary N) is 1. The summed E-state index contributed by atoms with van der Waals surface area (Å²) >= 11 is 17.7. The minimum atomic E-state index is -3.93. The average molecular weight is 452 g/mol. The number of hydrogen-bond donors (Lipinski definition) is 2. The molecule has 11 heteroatoms. The lowest BCUT2D eigenvalue weighted by atomic mass is 10.2. The molecule has 0 aliphatic carbocycles. The molecule has 1 atom stereocenters. The standard InChI is InChI=1S/C16H13Cl3N2O5S/c1-8(26-16(23)13-11(17)5-6-12(18)14(13)19)15(22)21-9-3-2-4-10(7-9)27(20,24)25/h2-8H,1H3,(H,21,22)(H2,20,24,25). The Balaban J connectivity index is 2.13. The largest absolute Gasteiger partial charge is 0.449 e. The summed E-state index contributed by atoms with van der Waals surface area (Å²) in [5.41, 5.74) is -0.00468. The maximum atomic E-state index is 12.3. The maximum absolute atomic E-state index is 12.3. The molecule has 7 nitrogen and oxygen atoms in total. The van der Waals surface area contributed by atoms with Crippen LogP contribution in [0.3, 0.4) is 0 Å². The fraction of sp³-hybridized carbons (Fsp3) is 0.125. The monoisotopic (exact) mass is 450 g/mol. The van der Waals surface area contributed by atoms with Gasteiger partial charge in [0.2, 0.25) is 10.0 Å². The molecule has 1 amide bonds. The fourth-order valence-corrected chi connectivity index (χ4v) is 3.22. The molecule has 0 saturated carbocycles. The average Bonchev–Trinajstić information content (AvgIpc) is 2.58. The van der Waals surface area contributed by atoms with E-state index in [1.54, 1.807) is 0 Å². The zero-order valence-corrected chi connectivity index (χ0v) is 16.8. The number of hydrogen-bond acceptors (Lipinski definition) is 5. The second kappa shape index (κ2) is 8.45. The SMILES string of the molecule is CC(OC(=O)c1c(Cl)ccc(Cl)c1Cl)C(=O)Nc1cccc(S(N)(=O)=O)c1. The van der Waals surface area contributed by atoms with Crippen molar-refractivity contribution in [1.29, 1.82) is 0 Å². The van der Waals surface area contributed by atoms with Crippen molar-refractivity contribution in [2.24, 2.45) is 5.14 Å². The highest BCUT2D eigenvalue weighted by Crippen LogP contribution is 2.32. The van der Waals surface area contributed by atoms with Gasteiger partial charge in [-0.25, -0.2) is 18.4 Å². The highest BCUT2D eigenvalue weighted by Gasteiger charge is 2.24. The quantitative estimate of drug-likeness (QED) is 0.533. The molecule has 0 aliphatic rings. The van der Waals surface area contributed by atoms with Crippen LogP contribution in [0.2, 0.25) is 15.1 Å². The molecule has 0 fully saturated rings. The van der Waals surface area contributed by atoms with Crippen molar-refractivity contribution in [3.05, 3.63) is 57.0 Å². The maximum Gasteiger partial charge on any atom is 0.342 e. The van der Waals surface area contributed by atoms with E-state index in [-0.39, 0.29) is 31.2 Å². The third-order valence-electron chi connectivity index (χ3n) is 3.33. The van der Waals surface area contributed by atoms with Crippen molar-refractivity contribution in [3.63, 3.8) is 0 Å². The number of esters is 1. The fourth-order valence-electron chi connectivity index (χ4n) is 1.98. The Labute approximate surface area is 170 Å². The number of primary sulfonamides is 1. The van der Waals surface area contributed by atoms with Crippen LogP contribution >= 0.6 is 34.8 Å².